The molecule has 2 atom stereocenters. The van der Waals surface area contributed by atoms with Gasteiger partial charge in [0.15, 0.2) is 28.2 Å². The Labute approximate surface area is 298 Å². The molecular weight excluding hydrogens is 653 g/mol. The van der Waals surface area contributed by atoms with Gasteiger partial charge >= 0.3 is 8.56 Å². The maximum absolute atomic E-state index is 13.9. The largest absolute Gasteiger partial charge is 0.437 e. The summed E-state index contributed by atoms with van der Waals surface area (Å²) in [5, 5.41) is 0. The van der Waals surface area contributed by atoms with E-state index >= 15 is 0 Å². The van der Waals surface area contributed by atoms with Crippen LogP contribution in [0.25, 0.3) is 0 Å². The summed E-state index contributed by atoms with van der Waals surface area (Å²) in [7, 11) is -6.67. The van der Waals surface area contributed by atoms with Crippen LogP contribution in [0.15, 0.2) is 121 Å². The van der Waals surface area contributed by atoms with Gasteiger partial charge in [0.25, 0.3) is 0 Å². The van der Waals surface area contributed by atoms with E-state index in [-0.39, 0.29) is 11.6 Å². The maximum Gasteiger partial charge on any atom is 0.311 e. The van der Waals surface area contributed by atoms with Gasteiger partial charge in [-0.2, -0.15) is 0 Å². The van der Waals surface area contributed by atoms with Crippen LogP contribution in [-0.4, -0.2) is 36.8 Å². The Balaban J connectivity index is 1.37. The first-order valence-electron chi connectivity index (χ1n) is 17.8. The van der Waals surface area contributed by atoms with Gasteiger partial charge in [0.2, 0.25) is 0 Å². The number of hydrogen-bond donors (Lipinski definition) is 0. The maximum atomic E-state index is 13.9. The molecule has 0 aliphatic carbocycles. The van der Waals surface area contributed by atoms with Crippen molar-refractivity contribution < 1.29 is 17.8 Å². The molecule has 4 aromatic rings. The fourth-order valence-electron chi connectivity index (χ4n) is 7.40. The molecule has 2 unspecified atom stereocenters. The fraction of sp³-hybridized carbons (Fsp3) is 0.381. The first-order chi connectivity index (χ1) is 23.1. The summed E-state index contributed by atoms with van der Waals surface area (Å²) in [6, 6.07) is 41.7. The SMILES string of the molecule is CC(CCC[Si](C)(C)O[Si](C)(C)O[Si](C)(C)CCCC(C)(C(=O)c1ccccc1)c1ccccc1)(C(=O)c1ccccc1)c1ccccc1. The summed E-state index contributed by atoms with van der Waals surface area (Å²) >= 11 is 0. The smallest absolute Gasteiger partial charge is 0.311 e. The summed E-state index contributed by atoms with van der Waals surface area (Å²) in [6.45, 7) is 17.7. The van der Waals surface area contributed by atoms with Crippen LogP contribution >= 0.6 is 0 Å². The Morgan fingerprint density at radius 3 is 1.08 bits per heavy atom. The van der Waals surface area contributed by atoms with Crippen LogP contribution in [0, 0.1) is 0 Å². The molecule has 0 saturated carbocycles. The molecular formula is C42H56O4Si3. The Morgan fingerprint density at radius 1 is 0.490 bits per heavy atom. The van der Waals surface area contributed by atoms with E-state index in [2.05, 4.69) is 77.4 Å². The molecule has 0 heterocycles. The molecule has 4 rings (SSSR count). The number of hydrogen-bond acceptors (Lipinski definition) is 4. The van der Waals surface area contributed by atoms with E-state index in [0.29, 0.717) is 0 Å². The number of Topliss-reactive ketones (excluding diaryl/α,β-unsaturated/α-hetero) is 2. The van der Waals surface area contributed by atoms with Gasteiger partial charge < -0.3 is 8.23 Å². The first kappa shape index (κ1) is 38.6. The molecule has 0 amide bonds. The summed E-state index contributed by atoms with van der Waals surface area (Å²) in [4.78, 5) is 27.8. The second-order valence-electron chi connectivity index (χ2n) is 15.6. The molecule has 0 radical (unpaired) electrons. The predicted molar refractivity (Wildman–Crippen MR) is 212 cm³/mol. The molecule has 0 saturated heterocycles. The number of carbonyl (C=O) groups excluding carboxylic acids is 2. The second-order valence-corrected chi connectivity index (χ2v) is 28.1. The topological polar surface area (TPSA) is 52.6 Å². The Hall–Kier alpha value is -3.21. The normalized spacial score (nSPS) is 14.9. The molecule has 7 heteroatoms. The second kappa shape index (κ2) is 16.2. The highest BCUT2D eigenvalue weighted by Gasteiger charge is 2.42. The number of rotatable bonds is 18. The van der Waals surface area contributed by atoms with Crippen molar-refractivity contribution in [1.82, 2.24) is 0 Å². The van der Waals surface area contributed by atoms with Crippen LogP contribution in [0.3, 0.4) is 0 Å². The number of carbonyl (C=O) groups is 2. The Bertz CT molecular complexity index is 1520. The lowest BCUT2D eigenvalue weighted by molar-refractivity contribution is 0.0880. The van der Waals surface area contributed by atoms with Crippen molar-refractivity contribution >= 4 is 36.8 Å². The van der Waals surface area contributed by atoms with Crippen LogP contribution in [-0.2, 0) is 19.1 Å². The molecule has 0 aliphatic rings. The third kappa shape index (κ3) is 10.4. The van der Waals surface area contributed by atoms with E-state index in [1.165, 1.54) is 0 Å². The predicted octanol–water partition coefficient (Wildman–Crippen LogP) is 11.4. The van der Waals surface area contributed by atoms with Crippen LogP contribution in [0.2, 0.25) is 51.4 Å². The van der Waals surface area contributed by atoms with Gasteiger partial charge in [-0.15, -0.1) is 0 Å². The van der Waals surface area contributed by atoms with Gasteiger partial charge in [-0.25, -0.2) is 0 Å². The average Bonchev–Trinajstić information content (AvgIpc) is 3.07. The van der Waals surface area contributed by atoms with E-state index in [4.69, 9.17) is 8.23 Å². The zero-order chi connectivity index (χ0) is 35.8. The van der Waals surface area contributed by atoms with Crippen molar-refractivity contribution in [3.63, 3.8) is 0 Å². The van der Waals surface area contributed by atoms with Crippen molar-refractivity contribution in [3.05, 3.63) is 144 Å². The number of benzene rings is 4. The van der Waals surface area contributed by atoms with E-state index in [1.807, 2.05) is 97.1 Å². The van der Waals surface area contributed by atoms with Crippen molar-refractivity contribution in [2.24, 2.45) is 0 Å². The summed E-state index contributed by atoms with van der Waals surface area (Å²) in [6.07, 6.45) is 3.33. The van der Waals surface area contributed by atoms with Gasteiger partial charge in [-0.1, -0.05) is 134 Å². The van der Waals surface area contributed by atoms with Gasteiger partial charge in [0, 0.05) is 11.1 Å². The molecule has 4 aromatic carbocycles. The highest BCUT2D eigenvalue weighted by molar-refractivity contribution is 6.87. The summed E-state index contributed by atoms with van der Waals surface area (Å²) in [5.41, 5.74) is 2.41. The van der Waals surface area contributed by atoms with Crippen LogP contribution in [0.1, 0.15) is 71.4 Å². The molecule has 4 nitrogen and oxygen atoms in total. The van der Waals surface area contributed by atoms with Crippen molar-refractivity contribution in [1.29, 1.82) is 0 Å². The monoisotopic (exact) mass is 708 g/mol. The quantitative estimate of drug-likeness (QED) is 0.0763. The molecule has 260 valence electrons. The molecule has 0 spiro atoms. The zero-order valence-corrected chi connectivity index (χ0v) is 33.9. The molecule has 0 N–H and O–H groups in total. The lowest BCUT2D eigenvalue weighted by atomic mass is 9.73. The van der Waals surface area contributed by atoms with Crippen LogP contribution < -0.4 is 0 Å². The van der Waals surface area contributed by atoms with Gasteiger partial charge in [0.05, 0.1) is 10.8 Å². The number of ketones is 2. The minimum atomic E-state index is -2.45. The van der Waals surface area contributed by atoms with Crippen LogP contribution in [0.4, 0.5) is 0 Å². The summed E-state index contributed by atoms with van der Waals surface area (Å²) in [5.74, 6) is 0.332. The molecule has 0 aliphatic heterocycles. The zero-order valence-electron chi connectivity index (χ0n) is 30.9. The van der Waals surface area contributed by atoms with E-state index in [1.54, 1.807) is 0 Å². The molecule has 0 bridgehead atoms. The van der Waals surface area contributed by atoms with Gasteiger partial charge in [-0.3, -0.25) is 9.59 Å². The summed E-state index contributed by atoms with van der Waals surface area (Å²) < 4.78 is 14.0. The Morgan fingerprint density at radius 2 is 0.776 bits per heavy atom. The van der Waals surface area contributed by atoms with Gasteiger partial charge in [-0.05, 0) is 89.2 Å². The lowest BCUT2D eigenvalue weighted by Crippen LogP contribution is -2.52. The van der Waals surface area contributed by atoms with E-state index in [9.17, 15) is 9.59 Å². The van der Waals surface area contributed by atoms with Crippen LogP contribution in [0.5, 0.6) is 0 Å². The first-order valence-corrected chi connectivity index (χ1v) is 26.8. The van der Waals surface area contributed by atoms with Crippen molar-refractivity contribution in [3.8, 4) is 0 Å². The highest BCUT2D eigenvalue weighted by atomic mass is 28.5. The minimum Gasteiger partial charge on any atom is -0.437 e. The fourth-order valence-corrected chi connectivity index (χ4v) is 21.5. The average molecular weight is 709 g/mol. The highest BCUT2D eigenvalue weighted by Crippen LogP contribution is 2.37. The molecule has 0 aromatic heterocycles. The third-order valence-electron chi connectivity index (χ3n) is 9.85. The standard InChI is InChI=1S/C42H56O4Si3/c1-41(37-27-17-11-18-28-37,39(43)35-23-13-9-14-24-35)31-21-33-47(3,4)45-49(7,8)46-48(5,6)34-22-32-42(2,38-29-19-12-20-30-38)40(44)36-25-15-10-16-26-36/h9-20,23-30H,21-22,31-34H2,1-8H3. The van der Waals surface area contributed by atoms with E-state index < -0.39 is 36.0 Å². The van der Waals surface area contributed by atoms with Crippen molar-refractivity contribution in [2.75, 3.05) is 0 Å². The molecule has 0 fully saturated rings. The van der Waals surface area contributed by atoms with Gasteiger partial charge in [0.1, 0.15) is 0 Å². The van der Waals surface area contributed by atoms with Crippen molar-refractivity contribution in [2.45, 2.75) is 102 Å². The Kier molecular flexibility index (Phi) is 12.8. The lowest BCUT2D eigenvalue weighted by Gasteiger charge is -2.39. The van der Waals surface area contributed by atoms with E-state index in [0.717, 1.165) is 60.0 Å². The third-order valence-corrected chi connectivity index (χ3v) is 21.3. The molecule has 49 heavy (non-hydrogen) atoms. The minimum absolute atomic E-state index is 0.166.